The van der Waals surface area contributed by atoms with Crippen molar-refractivity contribution in [3.05, 3.63) is 65.2 Å². The predicted molar refractivity (Wildman–Crippen MR) is 103 cm³/mol. The van der Waals surface area contributed by atoms with Crippen LogP contribution >= 0.6 is 22.9 Å². The first-order chi connectivity index (χ1) is 10.8. The fourth-order valence-corrected chi connectivity index (χ4v) is 4.59. The number of nitrogens with zero attached hydrogens (tertiary/aromatic N) is 1. The maximum absolute atomic E-state index is 2.47. The van der Waals surface area contributed by atoms with Gasteiger partial charge in [-0.25, -0.2) is 0 Å². The third-order valence-corrected chi connectivity index (χ3v) is 5.72. The molecule has 0 bridgehead atoms. The lowest BCUT2D eigenvalue weighted by atomic mass is 9.87. The first kappa shape index (κ1) is 14.3. The van der Waals surface area contributed by atoms with Gasteiger partial charge in [-0.15, -0.1) is 0 Å². The highest BCUT2D eigenvalue weighted by molar-refractivity contribution is 14.1. The molecule has 0 amide bonds. The standard InChI is InChI=1S/C20H20IN/c21-22-14-15-8-4-5-9-16(15)17-10-2-1-3-11-18(17)19-12-6-7-13-20(19)22/h4-9,12-13H,1-3,10-11,14H2. The summed E-state index contributed by atoms with van der Waals surface area (Å²) in [5.41, 5.74) is 8.94. The molecule has 0 atom stereocenters. The number of rotatable bonds is 0. The van der Waals surface area contributed by atoms with Crippen LogP contribution in [0.15, 0.2) is 48.5 Å². The number of anilines is 1. The van der Waals surface area contributed by atoms with Gasteiger partial charge in [0.1, 0.15) is 0 Å². The molecule has 0 saturated carbocycles. The van der Waals surface area contributed by atoms with Crippen molar-refractivity contribution in [2.75, 3.05) is 3.11 Å². The predicted octanol–water partition coefficient (Wildman–Crippen LogP) is 6.23. The number of fused-ring (bicyclic) bond motifs is 4. The van der Waals surface area contributed by atoms with Crippen molar-refractivity contribution in [2.45, 2.75) is 38.6 Å². The smallest absolute Gasteiger partial charge is 0.0594 e. The minimum Gasteiger partial charge on any atom is -0.310 e. The van der Waals surface area contributed by atoms with Crippen molar-refractivity contribution in [1.82, 2.24) is 0 Å². The summed E-state index contributed by atoms with van der Waals surface area (Å²) in [7, 11) is 0. The van der Waals surface area contributed by atoms with Crippen LogP contribution in [0.3, 0.4) is 0 Å². The van der Waals surface area contributed by atoms with Crippen LogP contribution in [0.1, 0.15) is 48.8 Å². The molecule has 1 nitrogen and oxygen atoms in total. The highest BCUT2D eigenvalue weighted by Gasteiger charge is 2.23. The number of hydrogen-bond donors (Lipinski definition) is 0. The summed E-state index contributed by atoms with van der Waals surface area (Å²) in [6, 6.07) is 17.9. The van der Waals surface area contributed by atoms with Crippen LogP contribution in [0.25, 0.3) is 11.1 Å². The quantitative estimate of drug-likeness (QED) is 0.374. The van der Waals surface area contributed by atoms with Gasteiger partial charge in [0, 0.05) is 5.56 Å². The number of halogens is 1. The Morgan fingerprint density at radius 3 is 2.18 bits per heavy atom. The lowest BCUT2D eigenvalue weighted by Crippen LogP contribution is -2.15. The minimum atomic E-state index is 0.977. The lowest BCUT2D eigenvalue weighted by Gasteiger charge is -2.28. The van der Waals surface area contributed by atoms with Gasteiger partial charge in [0.2, 0.25) is 0 Å². The number of para-hydroxylation sites is 1. The van der Waals surface area contributed by atoms with Gasteiger partial charge in [-0.2, -0.15) is 0 Å². The normalized spacial score (nSPS) is 17.8. The van der Waals surface area contributed by atoms with Crippen molar-refractivity contribution in [3.8, 4) is 0 Å². The van der Waals surface area contributed by atoms with Crippen molar-refractivity contribution in [2.24, 2.45) is 0 Å². The average Bonchev–Trinajstić information content (AvgIpc) is 2.80. The van der Waals surface area contributed by atoms with E-state index in [2.05, 4.69) is 74.5 Å². The van der Waals surface area contributed by atoms with E-state index in [1.807, 2.05) is 0 Å². The van der Waals surface area contributed by atoms with E-state index in [0.29, 0.717) is 0 Å². The maximum atomic E-state index is 2.47. The summed E-state index contributed by atoms with van der Waals surface area (Å²) in [6.07, 6.45) is 6.43. The second-order valence-electron chi connectivity index (χ2n) is 6.21. The Kier molecular flexibility index (Phi) is 3.95. The summed E-state index contributed by atoms with van der Waals surface area (Å²) in [5, 5.41) is 0. The van der Waals surface area contributed by atoms with Gasteiger partial charge in [0.05, 0.1) is 35.1 Å². The van der Waals surface area contributed by atoms with Gasteiger partial charge in [-0.05, 0) is 54.0 Å². The lowest BCUT2D eigenvalue weighted by molar-refractivity contribution is 0.723. The minimum absolute atomic E-state index is 0.977. The average molecular weight is 401 g/mol. The van der Waals surface area contributed by atoms with Gasteiger partial charge < -0.3 is 3.11 Å². The summed E-state index contributed by atoms with van der Waals surface area (Å²) in [4.78, 5) is 0. The van der Waals surface area contributed by atoms with E-state index in [0.717, 1.165) is 6.54 Å². The van der Waals surface area contributed by atoms with E-state index in [1.54, 1.807) is 11.1 Å². The molecule has 0 aromatic heterocycles. The largest absolute Gasteiger partial charge is 0.310 e. The van der Waals surface area contributed by atoms with Crippen molar-refractivity contribution < 1.29 is 0 Å². The Hall–Kier alpha value is -1.29. The van der Waals surface area contributed by atoms with Crippen LogP contribution in [-0.2, 0) is 6.54 Å². The van der Waals surface area contributed by atoms with Crippen LogP contribution in [0.4, 0.5) is 5.69 Å². The summed E-state index contributed by atoms with van der Waals surface area (Å²) >= 11 is 2.47. The fraction of sp³-hybridized carbons (Fsp3) is 0.300. The molecule has 0 fully saturated rings. The molecule has 1 aliphatic heterocycles. The Bertz CT molecular complexity index is 732. The van der Waals surface area contributed by atoms with Gasteiger partial charge in [-0.1, -0.05) is 48.9 Å². The third-order valence-electron chi connectivity index (χ3n) is 4.86. The molecule has 0 N–H and O–H groups in total. The molecule has 2 heteroatoms. The SMILES string of the molecule is IN1Cc2ccccc2C2=C(CCCCC2)c2ccccc21. The van der Waals surface area contributed by atoms with Gasteiger partial charge >= 0.3 is 0 Å². The Balaban J connectivity index is 2.02. The zero-order valence-electron chi connectivity index (χ0n) is 12.7. The zero-order chi connectivity index (χ0) is 14.9. The highest BCUT2D eigenvalue weighted by atomic mass is 127. The second-order valence-corrected chi connectivity index (χ2v) is 7.38. The Morgan fingerprint density at radius 1 is 0.727 bits per heavy atom. The topological polar surface area (TPSA) is 3.24 Å². The first-order valence-corrected chi connectivity index (χ1v) is 9.14. The first-order valence-electron chi connectivity index (χ1n) is 8.17. The van der Waals surface area contributed by atoms with Crippen LogP contribution in [-0.4, -0.2) is 0 Å². The van der Waals surface area contributed by atoms with Crippen LogP contribution < -0.4 is 3.11 Å². The molecular formula is C20H20IN. The van der Waals surface area contributed by atoms with Gasteiger partial charge in [0.25, 0.3) is 0 Å². The molecule has 2 aromatic rings. The van der Waals surface area contributed by atoms with Gasteiger partial charge in [-0.3, -0.25) is 0 Å². The molecule has 0 unspecified atom stereocenters. The van der Waals surface area contributed by atoms with E-state index >= 15 is 0 Å². The monoisotopic (exact) mass is 401 g/mol. The van der Waals surface area contributed by atoms with Crippen molar-refractivity contribution >= 4 is 39.7 Å². The van der Waals surface area contributed by atoms with Crippen LogP contribution in [0, 0.1) is 0 Å². The maximum Gasteiger partial charge on any atom is 0.0594 e. The molecule has 1 heterocycles. The number of benzene rings is 2. The molecular weight excluding hydrogens is 381 g/mol. The van der Waals surface area contributed by atoms with E-state index < -0.39 is 0 Å². The Morgan fingerprint density at radius 2 is 1.36 bits per heavy atom. The molecule has 0 saturated heterocycles. The molecule has 1 aliphatic carbocycles. The zero-order valence-corrected chi connectivity index (χ0v) is 14.8. The highest BCUT2D eigenvalue weighted by Crippen LogP contribution is 2.44. The fourth-order valence-electron chi connectivity index (χ4n) is 3.80. The van der Waals surface area contributed by atoms with E-state index in [-0.39, 0.29) is 0 Å². The van der Waals surface area contributed by atoms with E-state index in [9.17, 15) is 0 Å². The molecule has 0 radical (unpaired) electrons. The van der Waals surface area contributed by atoms with E-state index in [4.69, 9.17) is 0 Å². The van der Waals surface area contributed by atoms with Crippen molar-refractivity contribution in [1.29, 1.82) is 0 Å². The van der Waals surface area contributed by atoms with Crippen LogP contribution in [0.5, 0.6) is 0 Å². The molecule has 0 spiro atoms. The van der Waals surface area contributed by atoms with Gasteiger partial charge in [0.15, 0.2) is 0 Å². The molecule has 4 rings (SSSR count). The Labute approximate surface area is 146 Å². The second kappa shape index (κ2) is 6.07. The number of hydrogen-bond acceptors (Lipinski definition) is 1. The van der Waals surface area contributed by atoms with E-state index in [1.165, 1.54) is 54.5 Å². The van der Waals surface area contributed by atoms with Crippen LogP contribution in [0.2, 0.25) is 0 Å². The third kappa shape index (κ3) is 2.47. The summed E-state index contributed by atoms with van der Waals surface area (Å²) in [5.74, 6) is 0. The summed E-state index contributed by atoms with van der Waals surface area (Å²) in [6.45, 7) is 0.977. The molecule has 112 valence electrons. The number of allylic oxidation sites excluding steroid dienone is 2. The molecule has 2 aromatic carbocycles. The summed E-state index contributed by atoms with van der Waals surface area (Å²) < 4.78 is 2.38. The molecule has 2 aliphatic rings. The van der Waals surface area contributed by atoms with Crippen molar-refractivity contribution in [3.63, 3.8) is 0 Å². The molecule has 22 heavy (non-hydrogen) atoms.